The monoisotopic (exact) mass is 418 g/mol. The average molecular weight is 418 g/mol. The molecule has 1 N–H and O–H groups in total. The molecule has 7 nitrogen and oxygen atoms in total. The first-order valence-electron chi connectivity index (χ1n) is 10.1. The quantitative estimate of drug-likeness (QED) is 0.567. The predicted octanol–water partition coefficient (Wildman–Crippen LogP) is 3.38. The number of nitrogens with zero attached hydrogens (tertiary/aromatic N) is 3. The molecule has 0 saturated carbocycles. The van der Waals surface area contributed by atoms with Crippen LogP contribution in [0.4, 0.5) is 0 Å². The van der Waals surface area contributed by atoms with Gasteiger partial charge in [-0.15, -0.1) is 0 Å². The third-order valence-corrected chi connectivity index (χ3v) is 4.74. The molecule has 0 fully saturated rings. The molecule has 3 rings (SSSR count). The minimum Gasteiger partial charge on any atom is -0.483 e. The Morgan fingerprint density at radius 1 is 1.10 bits per heavy atom. The van der Waals surface area contributed by atoms with Gasteiger partial charge in [0, 0.05) is 25.7 Å². The fourth-order valence-corrected chi connectivity index (χ4v) is 3.00. The van der Waals surface area contributed by atoms with Crippen LogP contribution in [-0.4, -0.2) is 47.4 Å². The van der Waals surface area contributed by atoms with E-state index in [0.29, 0.717) is 17.9 Å². The molecule has 7 heteroatoms. The Morgan fingerprint density at radius 3 is 2.55 bits per heavy atom. The molecule has 0 radical (unpaired) electrons. The Labute approximate surface area is 181 Å². The van der Waals surface area contributed by atoms with Crippen LogP contribution in [0.2, 0.25) is 0 Å². The maximum absolute atomic E-state index is 12.5. The standard InChI is InChI=1S/C24H26N4O3/c1-4-19(18-9-5-8-12-22(18)31-16-24(30)28(2)3)27-23(29)14-13-17-15-25-20-10-6-7-11-21(20)26-17/h5-15,19H,4,16H2,1-3H3,(H,27,29). The fraction of sp³-hybridized carbons (Fsp3) is 0.250. The minimum atomic E-state index is -0.259. The summed E-state index contributed by atoms with van der Waals surface area (Å²) >= 11 is 0. The van der Waals surface area contributed by atoms with Crippen LogP contribution in [0.25, 0.3) is 17.1 Å². The number of hydrogen-bond acceptors (Lipinski definition) is 5. The minimum absolute atomic E-state index is 0.0606. The predicted molar refractivity (Wildman–Crippen MR) is 120 cm³/mol. The normalized spacial score (nSPS) is 12.0. The van der Waals surface area contributed by atoms with Gasteiger partial charge in [-0.1, -0.05) is 37.3 Å². The maximum atomic E-state index is 12.5. The summed E-state index contributed by atoms with van der Waals surface area (Å²) in [5, 5.41) is 2.99. The van der Waals surface area contributed by atoms with Gasteiger partial charge in [-0.3, -0.25) is 14.6 Å². The Bertz CT molecular complexity index is 1090. The van der Waals surface area contributed by atoms with E-state index in [1.165, 1.54) is 11.0 Å². The number of amides is 2. The highest BCUT2D eigenvalue weighted by molar-refractivity contribution is 5.92. The summed E-state index contributed by atoms with van der Waals surface area (Å²) in [4.78, 5) is 34.7. The van der Waals surface area contributed by atoms with Crippen LogP contribution in [0.15, 0.2) is 60.8 Å². The van der Waals surface area contributed by atoms with E-state index < -0.39 is 0 Å². The number of benzene rings is 2. The van der Waals surface area contributed by atoms with E-state index in [9.17, 15) is 9.59 Å². The van der Waals surface area contributed by atoms with Crippen LogP contribution in [0.1, 0.15) is 30.6 Å². The lowest BCUT2D eigenvalue weighted by Gasteiger charge is -2.20. The van der Waals surface area contributed by atoms with Gasteiger partial charge in [0.2, 0.25) is 5.91 Å². The number of aromatic nitrogens is 2. The van der Waals surface area contributed by atoms with Gasteiger partial charge in [0.1, 0.15) is 5.75 Å². The number of carbonyl (C=O) groups excluding carboxylic acids is 2. The zero-order valence-corrected chi connectivity index (χ0v) is 17.9. The Hall–Kier alpha value is -3.74. The second-order valence-corrected chi connectivity index (χ2v) is 7.20. The first kappa shape index (κ1) is 22.0. The number of rotatable bonds is 8. The van der Waals surface area contributed by atoms with Crippen LogP contribution in [0.3, 0.4) is 0 Å². The van der Waals surface area contributed by atoms with Gasteiger partial charge < -0.3 is 15.0 Å². The lowest BCUT2D eigenvalue weighted by Crippen LogP contribution is -2.29. The molecule has 160 valence electrons. The lowest BCUT2D eigenvalue weighted by molar-refractivity contribution is -0.130. The zero-order valence-electron chi connectivity index (χ0n) is 17.9. The zero-order chi connectivity index (χ0) is 22.2. The topological polar surface area (TPSA) is 84.4 Å². The number of para-hydroxylation sites is 3. The van der Waals surface area contributed by atoms with Crippen molar-refractivity contribution in [2.45, 2.75) is 19.4 Å². The fourth-order valence-electron chi connectivity index (χ4n) is 3.00. The van der Waals surface area contributed by atoms with Crippen molar-refractivity contribution < 1.29 is 14.3 Å². The molecule has 31 heavy (non-hydrogen) atoms. The summed E-state index contributed by atoms with van der Waals surface area (Å²) in [6, 6.07) is 14.7. The number of fused-ring (bicyclic) bond motifs is 1. The molecular weight excluding hydrogens is 392 g/mol. The number of likely N-dealkylation sites (N-methyl/N-ethyl adjacent to an activating group) is 1. The van der Waals surface area contributed by atoms with E-state index in [1.807, 2.05) is 49.4 Å². The molecule has 2 aromatic carbocycles. The molecule has 0 aliphatic carbocycles. The average Bonchev–Trinajstić information content (AvgIpc) is 2.79. The van der Waals surface area contributed by atoms with Crippen molar-refractivity contribution in [2.24, 2.45) is 0 Å². The van der Waals surface area contributed by atoms with Crippen LogP contribution in [0, 0.1) is 0 Å². The molecule has 0 aliphatic rings. The van der Waals surface area contributed by atoms with Gasteiger partial charge in [0.05, 0.1) is 29.0 Å². The molecule has 1 heterocycles. The van der Waals surface area contributed by atoms with E-state index in [2.05, 4.69) is 15.3 Å². The molecule has 1 aromatic heterocycles. The van der Waals surface area contributed by atoms with E-state index in [4.69, 9.17) is 4.74 Å². The molecule has 0 bridgehead atoms. The summed E-state index contributed by atoms with van der Waals surface area (Å²) < 4.78 is 5.72. The van der Waals surface area contributed by atoms with E-state index >= 15 is 0 Å². The first-order chi connectivity index (χ1) is 15.0. The van der Waals surface area contributed by atoms with Crippen LogP contribution >= 0.6 is 0 Å². The van der Waals surface area contributed by atoms with Gasteiger partial charge in [-0.25, -0.2) is 4.98 Å². The molecule has 3 aromatic rings. The third kappa shape index (κ3) is 5.88. The van der Waals surface area contributed by atoms with Crippen LogP contribution < -0.4 is 10.1 Å². The summed E-state index contributed by atoms with van der Waals surface area (Å²) in [6.45, 7) is 1.92. The van der Waals surface area contributed by atoms with Crippen molar-refractivity contribution >= 4 is 28.9 Å². The van der Waals surface area contributed by atoms with E-state index in [1.54, 1.807) is 32.4 Å². The SMILES string of the molecule is CCC(NC(=O)C=Cc1cnc2ccccc2n1)c1ccccc1OCC(=O)N(C)C. The molecule has 2 amide bonds. The second-order valence-electron chi connectivity index (χ2n) is 7.20. The molecule has 1 unspecified atom stereocenters. The van der Waals surface area contributed by atoms with Gasteiger partial charge in [-0.05, 0) is 30.7 Å². The van der Waals surface area contributed by atoms with Crippen molar-refractivity contribution in [1.82, 2.24) is 20.2 Å². The molecular formula is C24H26N4O3. The maximum Gasteiger partial charge on any atom is 0.259 e. The Morgan fingerprint density at radius 2 is 1.81 bits per heavy atom. The highest BCUT2D eigenvalue weighted by Gasteiger charge is 2.17. The Kier molecular flexibility index (Phi) is 7.32. The molecule has 0 aliphatic heterocycles. The number of carbonyl (C=O) groups is 2. The van der Waals surface area contributed by atoms with E-state index in [0.717, 1.165) is 16.6 Å². The molecule has 0 spiro atoms. The highest BCUT2D eigenvalue weighted by Crippen LogP contribution is 2.27. The first-order valence-corrected chi connectivity index (χ1v) is 10.1. The van der Waals surface area contributed by atoms with Crippen molar-refractivity contribution in [3.05, 3.63) is 72.1 Å². The van der Waals surface area contributed by atoms with Crippen molar-refractivity contribution in [3.8, 4) is 5.75 Å². The van der Waals surface area contributed by atoms with Crippen LogP contribution in [0.5, 0.6) is 5.75 Å². The smallest absolute Gasteiger partial charge is 0.259 e. The van der Waals surface area contributed by atoms with Gasteiger partial charge in [-0.2, -0.15) is 0 Å². The summed E-state index contributed by atoms with van der Waals surface area (Å²) in [5.41, 5.74) is 3.01. The largest absolute Gasteiger partial charge is 0.483 e. The molecule has 1 atom stereocenters. The van der Waals surface area contributed by atoms with Gasteiger partial charge in [0.25, 0.3) is 5.91 Å². The highest BCUT2D eigenvalue weighted by atomic mass is 16.5. The third-order valence-electron chi connectivity index (χ3n) is 4.74. The Balaban J connectivity index is 1.69. The van der Waals surface area contributed by atoms with Crippen molar-refractivity contribution in [3.63, 3.8) is 0 Å². The number of hydrogen-bond donors (Lipinski definition) is 1. The summed E-state index contributed by atoms with van der Waals surface area (Å²) in [6.07, 6.45) is 5.38. The lowest BCUT2D eigenvalue weighted by atomic mass is 10.0. The number of nitrogens with one attached hydrogen (secondary N) is 1. The van der Waals surface area contributed by atoms with Crippen LogP contribution in [-0.2, 0) is 9.59 Å². The van der Waals surface area contributed by atoms with E-state index in [-0.39, 0.29) is 24.5 Å². The molecule has 0 saturated heterocycles. The summed E-state index contributed by atoms with van der Waals surface area (Å²) in [5.74, 6) is 0.196. The van der Waals surface area contributed by atoms with Crippen molar-refractivity contribution in [1.29, 1.82) is 0 Å². The number of ether oxygens (including phenoxy) is 1. The summed E-state index contributed by atoms with van der Waals surface area (Å²) in [7, 11) is 3.36. The van der Waals surface area contributed by atoms with Gasteiger partial charge >= 0.3 is 0 Å². The van der Waals surface area contributed by atoms with Crippen molar-refractivity contribution in [2.75, 3.05) is 20.7 Å². The second kappa shape index (κ2) is 10.3. The van der Waals surface area contributed by atoms with Gasteiger partial charge in [0.15, 0.2) is 6.61 Å².